The van der Waals surface area contributed by atoms with Crippen molar-refractivity contribution >= 4 is 17.3 Å². The number of carbonyl (C=O) groups is 1. The third-order valence-electron chi connectivity index (χ3n) is 4.06. The number of benzene rings is 1. The van der Waals surface area contributed by atoms with Crippen molar-refractivity contribution in [3.8, 4) is 0 Å². The standard InChI is InChI=1S/C16H24N2O2/c1-12-3-9-15(10-4-12)20-11-16(19)18(2)14-7-5-13(17)6-8-14/h5-8,12,15H,3-4,9-11,17H2,1-2H3. The molecule has 0 radical (unpaired) electrons. The van der Waals surface area contributed by atoms with E-state index in [1.54, 1.807) is 24.1 Å². The van der Waals surface area contributed by atoms with Crippen LogP contribution < -0.4 is 10.6 Å². The van der Waals surface area contributed by atoms with Crippen molar-refractivity contribution in [2.24, 2.45) is 5.92 Å². The summed E-state index contributed by atoms with van der Waals surface area (Å²) in [4.78, 5) is 13.7. The van der Waals surface area contributed by atoms with Gasteiger partial charge < -0.3 is 15.4 Å². The van der Waals surface area contributed by atoms with Crippen molar-refractivity contribution in [3.63, 3.8) is 0 Å². The van der Waals surface area contributed by atoms with Crippen LogP contribution in [0.15, 0.2) is 24.3 Å². The first-order valence-electron chi connectivity index (χ1n) is 7.30. The topological polar surface area (TPSA) is 55.6 Å². The van der Waals surface area contributed by atoms with Crippen LogP contribution in [0.4, 0.5) is 11.4 Å². The second kappa shape index (κ2) is 6.75. The number of anilines is 2. The maximum absolute atomic E-state index is 12.1. The number of nitrogens with zero attached hydrogens (tertiary/aromatic N) is 1. The Morgan fingerprint density at radius 1 is 1.25 bits per heavy atom. The fraction of sp³-hybridized carbons (Fsp3) is 0.562. The molecule has 0 aliphatic heterocycles. The summed E-state index contributed by atoms with van der Waals surface area (Å²) in [6.45, 7) is 2.43. The normalized spacial score (nSPS) is 22.5. The number of ether oxygens (including phenoxy) is 1. The molecular weight excluding hydrogens is 252 g/mol. The van der Waals surface area contributed by atoms with E-state index in [2.05, 4.69) is 6.92 Å². The molecule has 110 valence electrons. The van der Waals surface area contributed by atoms with Crippen LogP contribution in [0, 0.1) is 5.92 Å². The highest BCUT2D eigenvalue weighted by Gasteiger charge is 2.20. The average molecular weight is 276 g/mol. The van der Waals surface area contributed by atoms with Crippen molar-refractivity contribution in [2.75, 3.05) is 24.3 Å². The van der Waals surface area contributed by atoms with E-state index in [0.29, 0.717) is 5.69 Å². The van der Waals surface area contributed by atoms with Gasteiger partial charge in [-0.2, -0.15) is 0 Å². The molecule has 1 aromatic rings. The number of likely N-dealkylation sites (N-methyl/N-ethyl adjacent to an activating group) is 1. The number of nitrogen functional groups attached to an aromatic ring is 1. The van der Waals surface area contributed by atoms with Gasteiger partial charge in [-0.1, -0.05) is 6.92 Å². The number of nitrogens with two attached hydrogens (primary N) is 1. The van der Waals surface area contributed by atoms with E-state index in [1.165, 1.54) is 12.8 Å². The summed E-state index contributed by atoms with van der Waals surface area (Å²) in [5.74, 6) is 0.774. The molecule has 0 spiro atoms. The van der Waals surface area contributed by atoms with E-state index in [4.69, 9.17) is 10.5 Å². The van der Waals surface area contributed by atoms with Gasteiger partial charge in [0.15, 0.2) is 0 Å². The summed E-state index contributed by atoms with van der Waals surface area (Å²) < 4.78 is 5.74. The second-order valence-corrected chi connectivity index (χ2v) is 5.74. The van der Waals surface area contributed by atoms with E-state index < -0.39 is 0 Å². The number of hydrogen-bond donors (Lipinski definition) is 1. The van der Waals surface area contributed by atoms with Gasteiger partial charge in [0.2, 0.25) is 0 Å². The first-order valence-corrected chi connectivity index (χ1v) is 7.30. The van der Waals surface area contributed by atoms with Gasteiger partial charge in [-0.25, -0.2) is 0 Å². The molecule has 4 heteroatoms. The van der Waals surface area contributed by atoms with E-state index >= 15 is 0 Å². The van der Waals surface area contributed by atoms with Crippen LogP contribution in [0.5, 0.6) is 0 Å². The van der Waals surface area contributed by atoms with Gasteiger partial charge in [-0.05, 0) is 55.9 Å². The Hall–Kier alpha value is -1.55. The van der Waals surface area contributed by atoms with Crippen molar-refractivity contribution in [1.82, 2.24) is 0 Å². The summed E-state index contributed by atoms with van der Waals surface area (Å²) in [6, 6.07) is 7.27. The van der Waals surface area contributed by atoms with Gasteiger partial charge in [-0.15, -0.1) is 0 Å². The predicted octanol–water partition coefficient (Wildman–Crippen LogP) is 2.83. The monoisotopic (exact) mass is 276 g/mol. The minimum absolute atomic E-state index is 0.0200. The number of carbonyl (C=O) groups excluding carboxylic acids is 1. The number of hydrogen-bond acceptors (Lipinski definition) is 3. The Balaban J connectivity index is 1.80. The Morgan fingerprint density at radius 2 is 1.85 bits per heavy atom. The number of rotatable bonds is 4. The Labute approximate surface area is 120 Å². The first kappa shape index (κ1) is 14.9. The van der Waals surface area contributed by atoms with Crippen LogP contribution >= 0.6 is 0 Å². The van der Waals surface area contributed by atoms with E-state index in [0.717, 1.165) is 24.4 Å². The molecule has 0 bridgehead atoms. The van der Waals surface area contributed by atoms with Gasteiger partial charge in [-0.3, -0.25) is 4.79 Å². The Kier molecular flexibility index (Phi) is 5.01. The van der Waals surface area contributed by atoms with Crippen LogP contribution in [-0.2, 0) is 9.53 Å². The maximum Gasteiger partial charge on any atom is 0.252 e. The molecule has 1 fully saturated rings. The Bertz CT molecular complexity index is 436. The van der Waals surface area contributed by atoms with E-state index in [-0.39, 0.29) is 18.6 Å². The first-order chi connectivity index (χ1) is 9.56. The van der Waals surface area contributed by atoms with Crippen LogP contribution in [0.1, 0.15) is 32.6 Å². The fourth-order valence-electron chi connectivity index (χ4n) is 2.52. The zero-order valence-electron chi connectivity index (χ0n) is 12.3. The smallest absolute Gasteiger partial charge is 0.252 e. The molecule has 1 saturated carbocycles. The quantitative estimate of drug-likeness (QED) is 0.860. The van der Waals surface area contributed by atoms with Gasteiger partial charge in [0.25, 0.3) is 5.91 Å². The predicted molar refractivity (Wildman–Crippen MR) is 81.6 cm³/mol. The molecule has 20 heavy (non-hydrogen) atoms. The summed E-state index contributed by atoms with van der Waals surface area (Å²) in [6.07, 6.45) is 4.79. The van der Waals surface area contributed by atoms with Crippen LogP contribution in [0.25, 0.3) is 0 Å². The van der Waals surface area contributed by atoms with E-state index in [1.807, 2.05) is 12.1 Å². The van der Waals surface area contributed by atoms with Crippen LogP contribution in [0.2, 0.25) is 0 Å². The molecule has 0 saturated heterocycles. The van der Waals surface area contributed by atoms with E-state index in [9.17, 15) is 4.79 Å². The van der Waals surface area contributed by atoms with Crippen molar-refractivity contribution in [2.45, 2.75) is 38.7 Å². The fourth-order valence-corrected chi connectivity index (χ4v) is 2.52. The largest absolute Gasteiger partial charge is 0.399 e. The zero-order chi connectivity index (χ0) is 14.5. The third kappa shape index (κ3) is 3.97. The summed E-state index contributed by atoms with van der Waals surface area (Å²) >= 11 is 0. The molecule has 1 aliphatic rings. The lowest BCUT2D eigenvalue weighted by Crippen LogP contribution is -2.32. The number of amides is 1. The average Bonchev–Trinajstić information content (AvgIpc) is 2.46. The molecule has 1 aliphatic carbocycles. The molecular formula is C16H24N2O2. The third-order valence-corrected chi connectivity index (χ3v) is 4.06. The molecule has 0 unspecified atom stereocenters. The van der Waals surface area contributed by atoms with Gasteiger partial charge in [0.1, 0.15) is 6.61 Å². The molecule has 0 heterocycles. The maximum atomic E-state index is 12.1. The molecule has 2 rings (SSSR count). The summed E-state index contributed by atoms with van der Waals surface area (Å²) in [7, 11) is 1.76. The SMILES string of the molecule is CC1CCC(OCC(=O)N(C)c2ccc(N)cc2)CC1. The minimum Gasteiger partial charge on any atom is -0.399 e. The van der Waals surface area contributed by atoms with Crippen LogP contribution in [0.3, 0.4) is 0 Å². The highest BCUT2D eigenvalue weighted by Crippen LogP contribution is 2.25. The second-order valence-electron chi connectivity index (χ2n) is 5.74. The molecule has 4 nitrogen and oxygen atoms in total. The highest BCUT2D eigenvalue weighted by molar-refractivity contribution is 5.93. The van der Waals surface area contributed by atoms with Crippen LogP contribution in [-0.4, -0.2) is 25.7 Å². The summed E-state index contributed by atoms with van der Waals surface area (Å²) in [5, 5.41) is 0. The highest BCUT2D eigenvalue weighted by atomic mass is 16.5. The van der Waals surface area contributed by atoms with Gasteiger partial charge in [0, 0.05) is 18.4 Å². The molecule has 1 aromatic carbocycles. The van der Waals surface area contributed by atoms with Gasteiger partial charge >= 0.3 is 0 Å². The lowest BCUT2D eigenvalue weighted by atomic mass is 9.89. The molecule has 1 amide bonds. The minimum atomic E-state index is -0.0200. The van der Waals surface area contributed by atoms with Crippen molar-refractivity contribution < 1.29 is 9.53 Å². The lowest BCUT2D eigenvalue weighted by molar-refractivity contribution is -0.125. The van der Waals surface area contributed by atoms with Crippen molar-refractivity contribution in [3.05, 3.63) is 24.3 Å². The van der Waals surface area contributed by atoms with Crippen molar-refractivity contribution in [1.29, 1.82) is 0 Å². The Morgan fingerprint density at radius 3 is 2.45 bits per heavy atom. The molecule has 2 N–H and O–H groups in total. The lowest BCUT2D eigenvalue weighted by Gasteiger charge is -2.27. The van der Waals surface area contributed by atoms with Gasteiger partial charge in [0.05, 0.1) is 6.10 Å². The summed E-state index contributed by atoms with van der Waals surface area (Å²) in [5.41, 5.74) is 7.18. The molecule has 0 atom stereocenters. The zero-order valence-corrected chi connectivity index (χ0v) is 12.3. The molecule has 0 aromatic heterocycles.